The molecular weight excluding hydrogens is 250 g/mol. The Morgan fingerprint density at radius 1 is 1.33 bits per heavy atom. The molecule has 1 fully saturated rings. The summed E-state index contributed by atoms with van der Waals surface area (Å²) in [6.45, 7) is 5.47. The highest BCUT2D eigenvalue weighted by atomic mass is 32.2. The molecule has 1 aromatic rings. The molecule has 0 bridgehead atoms. The third-order valence-electron chi connectivity index (χ3n) is 3.05. The van der Waals surface area contributed by atoms with Crippen molar-refractivity contribution in [1.29, 1.82) is 0 Å². The van der Waals surface area contributed by atoms with Gasteiger partial charge in [-0.1, -0.05) is 23.8 Å². The van der Waals surface area contributed by atoms with Crippen LogP contribution in [0.2, 0.25) is 0 Å². The zero-order valence-corrected chi connectivity index (χ0v) is 11.0. The second-order valence-corrected chi connectivity index (χ2v) is 6.16. The summed E-state index contributed by atoms with van der Waals surface area (Å²) < 4.78 is 25.7. The average molecular weight is 265 g/mol. The first-order valence-corrected chi connectivity index (χ1v) is 7.17. The average Bonchev–Trinajstić information content (AvgIpc) is 2.71. The summed E-state index contributed by atoms with van der Waals surface area (Å²) in [7, 11) is -3.75. The van der Waals surface area contributed by atoms with Crippen LogP contribution in [0.4, 0.5) is 0 Å². The highest BCUT2D eigenvalue weighted by Gasteiger charge is 2.38. The van der Waals surface area contributed by atoms with Gasteiger partial charge in [0, 0.05) is 6.42 Å². The zero-order chi connectivity index (χ0) is 13.3. The van der Waals surface area contributed by atoms with E-state index in [0.717, 1.165) is 9.87 Å². The third-order valence-corrected chi connectivity index (χ3v) is 4.91. The molecule has 0 radical (unpaired) electrons. The summed E-state index contributed by atoms with van der Waals surface area (Å²) in [5.41, 5.74) is 0.974. The number of carbonyl (C=O) groups is 1. The maximum absolute atomic E-state index is 12.4. The summed E-state index contributed by atoms with van der Waals surface area (Å²) in [6.07, 6.45) is 2.27. The first-order chi connectivity index (χ1) is 8.46. The van der Waals surface area contributed by atoms with Crippen molar-refractivity contribution in [3.63, 3.8) is 0 Å². The number of benzene rings is 1. The van der Waals surface area contributed by atoms with E-state index in [4.69, 9.17) is 0 Å². The lowest BCUT2D eigenvalue weighted by molar-refractivity contribution is -0.124. The Bertz CT molecular complexity index is 575. The van der Waals surface area contributed by atoms with Crippen LogP contribution in [0, 0.1) is 6.92 Å². The summed E-state index contributed by atoms with van der Waals surface area (Å²) in [5.74, 6) is -0.361. The van der Waals surface area contributed by atoms with E-state index in [1.807, 2.05) is 6.92 Å². The molecule has 1 aromatic carbocycles. The summed E-state index contributed by atoms with van der Waals surface area (Å²) in [4.78, 5) is 11.9. The van der Waals surface area contributed by atoms with Gasteiger partial charge in [-0.05, 0) is 25.5 Å². The van der Waals surface area contributed by atoms with Gasteiger partial charge >= 0.3 is 0 Å². The molecule has 0 spiro atoms. The van der Waals surface area contributed by atoms with Gasteiger partial charge in [-0.2, -0.15) is 0 Å². The quantitative estimate of drug-likeness (QED) is 0.784. The molecule has 0 aliphatic carbocycles. The molecular formula is C13H15NO3S. The van der Waals surface area contributed by atoms with Crippen molar-refractivity contribution in [3.8, 4) is 0 Å². The van der Waals surface area contributed by atoms with Gasteiger partial charge in [0.15, 0.2) is 0 Å². The number of rotatable bonds is 3. The van der Waals surface area contributed by atoms with Crippen LogP contribution in [-0.4, -0.2) is 24.7 Å². The molecule has 1 aliphatic rings. The van der Waals surface area contributed by atoms with E-state index in [0.29, 0.717) is 6.42 Å². The maximum Gasteiger partial charge on any atom is 0.267 e. The highest BCUT2D eigenvalue weighted by Crippen LogP contribution is 2.27. The molecule has 5 heteroatoms. The Morgan fingerprint density at radius 3 is 2.50 bits per heavy atom. The Balaban J connectivity index is 2.44. The van der Waals surface area contributed by atoms with E-state index in [1.165, 1.54) is 18.2 Å². The van der Waals surface area contributed by atoms with E-state index >= 15 is 0 Å². The van der Waals surface area contributed by atoms with Crippen LogP contribution < -0.4 is 0 Å². The number of hydrogen-bond acceptors (Lipinski definition) is 3. The molecule has 1 aliphatic heterocycles. The molecule has 4 nitrogen and oxygen atoms in total. The third kappa shape index (κ3) is 2.06. The summed E-state index contributed by atoms with van der Waals surface area (Å²) in [5, 5.41) is 0. The maximum atomic E-state index is 12.4. The topological polar surface area (TPSA) is 54.5 Å². The van der Waals surface area contributed by atoms with Crippen molar-refractivity contribution < 1.29 is 13.2 Å². The standard InChI is InChI=1S/C13H15NO3S/c1-3-11-6-9-13(15)14(11)18(16,17)12-7-4-10(2)5-8-12/h3-5,7-8,11H,1,6,9H2,2H3/t11-/m0/s1. The first kappa shape index (κ1) is 12.8. The van der Waals surface area contributed by atoms with E-state index in [9.17, 15) is 13.2 Å². The van der Waals surface area contributed by atoms with E-state index in [1.54, 1.807) is 12.1 Å². The molecule has 18 heavy (non-hydrogen) atoms. The molecule has 2 rings (SSSR count). The second kappa shape index (κ2) is 4.57. The van der Waals surface area contributed by atoms with Crippen LogP contribution in [0.25, 0.3) is 0 Å². The lowest BCUT2D eigenvalue weighted by Gasteiger charge is -2.21. The predicted octanol–water partition coefficient (Wildman–Crippen LogP) is 1.86. The molecule has 1 saturated heterocycles. The van der Waals surface area contributed by atoms with Gasteiger partial charge in [-0.15, -0.1) is 6.58 Å². The molecule has 0 aromatic heterocycles. The van der Waals surface area contributed by atoms with Crippen LogP contribution >= 0.6 is 0 Å². The van der Waals surface area contributed by atoms with Crippen molar-refractivity contribution in [2.45, 2.75) is 30.7 Å². The van der Waals surface area contributed by atoms with E-state index in [2.05, 4.69) is 6.58 Å². The van der Waals surface area contributed by atoms with Crippen molar-refractivity contribution >= 4 is 15.9 Å². The normalized spacial score (nSPS) is 20.2. The largest absolute Gasteiger partial charge is 0.274 e. The van der Waals surface area contributed by atoms with Crippen molar-refractivity contribution in [2.75, 3.05) is 0 Å². The lowest BCUT2D eigenvalue weighted by atomic mass is 10.2. The number of hydrogen-bond donors (Lipinski definition) is 0. The van der Waals surface area contributed by atoms with Gasteiger partial charge in [0.2, 0.25) is 5.91 Å². The van der Waals surface area contributed by atoms with Gasteiger partial charge in [-0.3, -0.25) is 4.79 Å². The van der Waals surface area contributed by atoms with Gasteiger partial charge in [0.1, 0.15) is 0 Å². The monoisotopic (exact) mass is 265 g/mol. The fourth-order valence-corrected chi connectivity index (χ4v) is 3.65. The van der Waals surface area contributed by atoms with Gasteiger partial charge in [-0.25, -0.2) is 12.7 Å². The Hall–Kier alpha value is -1.62. The second-order valence-electron chi connectivity index (χ2n) is 4.35. The fourth-order valence-electron chi connectivity index (χ4n) is 2.03. The Kier molecular flexibility index (Phi) is 3.26. The van der Waals surface area contributed by atoms with Crippen LogP contribution in [-0.2, 0) is 14.8 Å². The number of sulfonamides is 1. The molecule has 1 heterocycles. The predicted molar refractivity (Wildman–Crippen MR) is 68.4 cm³/mol. The minimum Gasteiger partial charge on any atom is -0.274 e. The van der Waals surface area contributed by atoms with Crippen LogP contribution in [0.3, 0.4) is 0 Å². The van der Waals surface area contributed by atoms with Gasteiger partial charge in [0.05, 0.1) is 10.9 Å². The summed E-state index contributed by atoms with van der Waals surface area (Å²) >= 11 is 0. The zero-order valence-electron chi connectivity index (χ0n) is 10.2. The number of carbonyl (C=O) groups excluding carboxylic acids is 1. The molecule has 1 amide bonds. The van der Waals surface area contributed by atoms with E-state index in [-0.39, 0.29) is 17.2 Å². The highest BCUT2D eigenvalue weighted by molar-refractivity contribution is 7.89. The first-order valence-electron chi connectivity index (χ1n) is 5.73. The molecule has 96 valence electrons. The Morgan fingerprint density at radius 2 is 1.94 bits per heavy atom. The van der Waals surface area contributed by atoms with Gasteiger partial charge < -0.3 is 0 Å². The fraction of sp³-hybridized carbons (Fsp3) is 0.308. The number of aryl methyl sites for hydroxylation is 1. The van der Waals surface area contributed by atoms with Crippen LogP contribution in [0.5, 0.6) is 0 Å². The SMILES string of the molecule is C=C[C@H]1CCC(=O)N1S(=O)(=O)c1ccc(C)cc1. The summed E-state index contributed by atoms with van der Waals surface area (Å²) in [6, 6.07) is 6.06. The molecule has 0 unspecified atom stereocenters. The minimum atomic E-state index is -3.75. The van der Waals surface area contributed by atoms with E-state index < -0.39 is 16.1 Å². The van der Waals surface area contributed by atoms with Crippen molar-refractivity contribution in [2.24, 2.45) is 0 Å². The number of nitrogens with zero attached hydrogens (tertiary/aromatic N) is 1. The smallest absolute Gasteiger partial charge is 0.267 e. The lowest BCUT2D eigenvalue weighted by Crippen LogP contribution is -2.37. The molecule has 1 atom stereocenters. The van der Waals surface area contributed by atoms with Gasteiger partial charge in [0.25, 0.3) is 10.0 Å². The molecule has 0 saturated carbocycles. The van der Waals surface area contributed by atoms with Crippen molar-refractivity contribution in [3.05, 3.63) is 42.5 Å². The molecule has 0 N–H and O–H groups in total. The Labute approximate surface area is 107 Å². The minimum absolute atomic E-state index is 0.148. The van der Waals surface area contributed by atoms with Crippen molar-refractivity contribution in [1.82, 2.24) is 4.31 Å². The number of amides is 1. The van der Waals surface area contributed by atoms with Crippen LogP contribution in [0.1, 0.15) is 18.4 Å². The van der Waals surface area contributed by atoms with Crippen LogP contribution in [0.15, 0.2) is 41.8 Å².